The van der Waals surface area contributed by atoms with Gasteiger partial charge in [-0.05, 0) is 71.6 Å². The van der Waals surface area contributed by atoms with E-state index in [1.54, 1.807) is 4.90 Å². The van der Waals surface area contributed by atoms with Crippen LogP contribution in [0.15, 0.2) is 18.2 Å². The van der Waals surface area contributed by atoms with Gasteiger partial charge in [-0.2, -0.15) is 0 Å². The molecular formula is C20H29BClNO4. The molecule has 0 bridgehead atoms. The number of carbonyl (C=O) groups excluding carboxylic acids is 1. The lowest BCUT2D eigenvalue weighted by molar-refractivity contribution is 0.00578. The maximum absolute atomic E-state index is 12.1. The molecule has 1 aromatic rings. The second-order valence-corrected chi connectivity index (χ2v) is 9.92. The number of hydrogen-bond donors (Lipinski definition) is 0. The predicted octanol–water partition coefficient (Wildman–Crippen LogP) is 3.97. The molecule has 0 N–H and O–H groups in total. The molecule has 2 heterocycles. The van der Waals surface area contributed by atoms with Gasteiger partial charge in [-0.1, -0.05) is 17.7 Å². The Morgan fingerprint density at radius 3 is 2.22 bits per heavy atom. The first-order chi connectivity index (χ1) is 12.3. The average Bonchev–Trinajstić information content (AvgIpc) is 2.63. The van der Waals surface area contributed by atoms with Crippen molar-refractivity contribution in [3.8, 4) is 0 Å². The van der Waals surface area contributed by atoms with E-state index in [0.29, 0.717) is 18.1 Å². The molecule has 3 rings (SSSR count). The number of rotatable bonds is 2. The van der Waals surface area contributed by atoms with Crippen LogP contribution in [0.25, 0.3) is 0 Å². The van der Waals surface area contributed by atoms with Crippen LogP contribution in [0.2, 0.25) is 5.02 Å². The third-order valence-corrected chi connectivity index (χ3v) is 5.69. The summed E-state index contributed by atoms with van der Waals surface area (Å²) in [6.45, 7) is 15.0. The number of hydrogen-bond acceptors (Lipinski definition) is 4. The van der Waals surface area contributed by atoms with Crippen LogP contribution in [0.1, 0.15) is 59.9 Å². The van der Waals surface area contributed by atoms with E-state index in [1.165, 1.54) is 0 Å². The molecule has 0 atom stereocenters. The Labute approximate surface area is 167 Å². The van der Waals surface area contributed by atoms with Crippen LogP contribution in [0, 0.1) is 0 Å². The molecule has 2 fully saturated rings. The molecule has 2 aliphatic heterocycles. The largest absolute Gasteiger partial charge is 0.494 e. The lowest BCUT2D eigenvalue weighted by atomic mass is 9.76. The molecule has 0 unspecified atom stereocenters. The Morgan fingerprint density at radius 1 is 1.15 bits per heavy atom. The fraction of sp³-hybridized carbons (Fsp3) is 0.650. The molecule has 148 valence electrons. The first kappa shape index (κ1) is 20.5. The third kappa shape index (κ3) is 4.28. The van der Waals surface area contributed by atoms with Crippen molar-refractivity contribution >= 4 is 30.3 Å². The van der Waals surface area contributed by atoms with Crippen molar-refractivity contribution in [2.45, 2.75) is 71.2 Å². The summed E-state index contributed by atoms with van der Waals surface area (Å²) < 4.78 is 17.7. The van der Waals surface area contributed by atoms with Crippen molar-refractivity contribution in [3.05, 3.63) is 28.8 Å². The SMILES string of the molecule is CC(C)(C)OC(=O)N1CC(c2cc(Cl)cc(B3OC(C)(C)C(C)(C)O3)c2)C1. The van der Waals surface area contributed by atoms with Gasteiger partial charge in [-0.15, -0.1) is 0 Å². The number of amides is 1. The molecule has 0 spiro atoms. The summed E-state index contributed by atoms with van der Waals surface area (Å²) in [5, 5.41) is 0.646. The minimum atomic E-state index is -0.484. The van der Waals surface area contributed by atoms with Crippen molar-refractivity contribution in [3.63, 3.8) is 0 Å². The van der Waals surface area contributed by atoms with E-state index < -0.39 is 23.9 Å². The Morgan fingerprint density at radius 2 is 1.70 bits per heavy atom. The van der Waals surface area contributed by atoms with Gasteiger partial charge in [-0.3, -0.25) is 0 Å². The van der Waals surface area contributed by atoms with E-state index in [-0.39, 0.29) is 12.0 Å². The number of nitrogens with zero attached hydrogens (tertiary/aromatic N) is 1. The maximum Gasteiger partial charge on any atom is 0.494 e. The summed E-state index contributed by atoms with van der Waals surface area (Å²) >= 11 is 6.37. The topological polar surface area (TPSA) is 48.0 Å². The highest BCUT2D eigenvalue weighted by Crippen LogP contribution is 2.37. The molecule has 1 amide bonds. The second-order valence-electron chi connectivity index (χ2n) is 9.49. The van der Waals surface area contributed by atoms with Crippen molar-refractivity contribution in [1.82, 2.24) is 4.90 Å². The van der Waals surface area contributed by atoms with E-state index in [1.807, 2.05) is 60.6 Å². The zero-order valence-corrected chi connectivity index (χ0v) is 18.0. The van der Waals surface area contributed by atoms with E-state index in [4.69, 9.17) is 25.6 Å². The number of carbonyl (C=O) groups is 1. The Hall–Kier alpha value is -1.24. The summed E-state index contributed by atoms with van der Waals surface area (Å²) in [4.78, 5) is 13.9. The monoisotopic (exact) mass is 393 g/mol. The number of ether oxygens (including phenoxy) is 1. The van der Waals surface area contributed by atoms with Gasteiger partial charge in [0, 0.05) is 24.0 Å². The molecule has 2 saturated heterocycles. The Balaban J connectivity index is 1.70. The molecule has 1 aromatic carbocycles. The van der Waals surface area contributed by atoms with Crippen molar-refractivity contribution in [2.75, 3.05) is 13.1 Å². The van der Waals surface area contributed by atoms with Gasteiger partial charge in [0.15, 0.2) is 0 Å². The Bertz CT molecular complexity index is 722. The van der Waals surface area contributed by atoms with Gasteiger partial charge >= 0.3 is 13.2 Å². The molecule has 2 aliphatic rings. The quantitative estimate of drug-likeness (QED) is 0.713. The standard InChI is InChI=1S/C20H29BClNO4/c1-18(2,3)25-17(24)23-11-14(12-23)13-8-15(10-16(22)9-13)21-26-19(4,5)20(6,7)27-21/h8-10,14H,11-12H2,1-7H3. The smallest absolute Gasteiger partial charge is 0.444 e. The fourth-order valence-corrected chi connectivity index (χ4v) is 3.40. The van der Waals surface area contributed by atoms with Crippen molar-refractivity contribution in [1.29, 1.82) is 0 Å². The molecule has 27 heavy (non-hydrogen) atoms. The molecule has 7 heteroatoms. The van der Waals surface area contributed by atoms with Crippen molar-refractivity contribution in [2.24, 2.45) is 0 Å². The minimum absolute atomic E-state index is 0.234. The van der Waals surface area contributed by atoms with Gasteiger partial charge in [0.2, 0.25) is 0 Å². The van der Waals surface area contributed by atoms with Crippen LogP contribution >= 0.6 is 11.6 Å². The normalized spacial score (nSPS) is 21.9. The van der Waals surface area contributed by atoms with Crippen LogP contribution in [0.3, 0.4) is 0 Å². The highest BCUT2D eigenvalue weighted by molar-refractivity contribution is 6.62. The maximum atomic E-state index is 12.1. The molecular weight excluding hydrogens is 364 g/mol. The number of benzene rings is 1. The van der Waals surface area contributed by atoms with Gasteiger partial charge < -0.3 is 18.9 Å². The van der Waals surface area contributed by atoms with E-state index in [0.717, 1.165) is 11.0 Å². The zero-order valence-electron chi connectivity index (χ0n) is 17.3. The van der Waals surface area contributed by atoms with Crippen molar-refractivity contribution < 1.29 is 18.8 Å². The van der Waals surface area contributed by atoms with Crippen LogP contribution in [0.5, 0.6) is 0 Å². The van der Waals surface area contributed by atoms with Gasteiger partial charge in [0.25, 0.3) is 0 Å². The summed E-state index contributed by atoms with van der Waals surface area (Å²) in [6.07, 6.45) is -0.271. The van der Waals surface area contributed by atoms with Crippen LogP contribution < -0.4 is 5.46 Å². The molecule has 0 aromatic heterocycles. The fourth-order valence-electron chi connectivity index (χ4n) is 3.15. The summed E-state index contributed by atoms with van der Waals surface area (Å²) in [5.41, 5.74) is 0.718. The second kappa shape index (κ2) is 6.68. The average molecular weight is 394 g/mol. The van der Waals surface area contributed by atoms with E-state index in [2.05, 4.69) is 6.07 Å². The van der Waals surface area contributed by atoms with Gasteiger partial charge in [0.1, 0.15) is 5.60 Å². The molecule has 5 nitrogen and oxygen atoms in total. The first-order valence-corrected chi connectivity index (χ1v) is 9.79. The lowest BCUT2D eigenvalue weighted by Gasteiger charge is -2.40. The number of likely N-dealkylation sites (tertiary alicyclic amines) is 1. The molecule has 0 radical (unpaired) electrons. The highest BCUT2D eigenvalue weighted by atomic mass is 35.5. The highest BCUT2D eigenvalue weighted by Gasteiger charge is 2.52. The summed E-state index contributed by atoms with van der Waals surface area (Å²) in [6, 6.07) is 5.91. The number of halogens is 1. The molecule has 0 aliphatic carbocycles. The first-order valence-electron chi connectivity index (χ1n) is 9.41. The predicted molar refractivity (Wildman–Crippen MR) is 108 cm³/mol. The third-order valence-electron chi connectivity index (χ3n) is 5.47. The van der Waals surface area contributed by atoms with E-state index in [9.17, 15) is 4.79 Å². The van der Waals surface area contributed by atoms with Gasteiger partial charge in [0.05, 0.1) is 11.2 Å². The van der Waals surface area contributed by atoms with E-state index >= 15 is 0 Å². The van der Waals surface area contributed by atoms with Crippen LogP contribution in [-0.2, 0) is 14.0 Å². The molecule has 0 saturated carbocycles. The van der Waals surface area contributed by atoms with Crippen LogP contribution in [-0.4, -0.2) is 48.0 Å². The summed E-state index contributed by atoms with van der Waals surface area (Å²) in [7, 11) is -0.450. The van der Waals surface area contributed by atoms with Crippen LogP contribution in [0.4, 0.5) is 4.79 Å². The summed E-state index contributed by atoms with van der Waals surface area (Å²) in [5.74, 6) is 0.234. The Kier molecular flexibility index (Phi) is 5.07. The zero-order chi connectivity index (χ0) is 20.2. The minimum Gasteiger partial charge on any atom is -0.444 e. The van der Waals surface area contributed by atoms with Gasteiger partial charge in [-0.25, -0.2) is 4.79 Å². The lowest BCUT2D eigenvalue weighted by Crippen LogP contribution is -2.50.